The Balaban J connectivity index is 1.39. The van der Waals surface area contributed by atoms with Crippen LogP contribution in [-0.2, 0) is 0 Å². The van der Waals surface area contributed by atoms with E-state index in [1.807, 2.05) is 0 Å². The highest BCUT2D eigenvalue weighted by atomic mass is 16.4. The summed E-state index contributed by atoms with van der Waals surface area (Å²) < 4.78 is 0. The number of aliphatic hydroxyl groups is 4. The fourth-order valence-electron chi connectivity index (χ4n) is 8.58. The van der Waals surface area contributed by atoms with E-state index in [1.54, 1.807) is 0 Å². The highest BCUT2D eigenvalue weighted by molar-refractivity contribution is 5.05. The van der Waals surface area contributed by atoms with Crippen LogP contribution in [0.1, 0.15) is 70.6 Å². The van der Waals surface area contributed by atoms with Crippen LogP contribution in [0, 0.1) is 35.5 Å². The summed E-state index contributed by atoms with van der Waals surface area (Å²) in [5, 5.41) is 52.3. The molecule has 1 aliphatic heterocycles. The van der Waals surface area contributed by atoms with Gasteiger partial charge in [-0.25, -0.2) is 0 Å². The van der Waals surface area contributed by atoms with E-state index in [-0.39, 0.29) is 23.9 Å². The average molecular weight is 437 g/mol. The molecule has 0 spiro atoms. The molecule has 6 nitrogen and oxygen atoms in total. The zero-order valence-electron chi connectivity index (χ0n) is 18.9. The Morgan fingerprint density at radius 2 is 0.903 bits per heavy atom. The molecule has 1 heterocycles. The van der Waals surface area contributed by atoms with Crippen molar-refractivity contribution in [1.82, 2.24) is 10.6 Å². The fraction of sp³-hybridized carbons (Fsp3) is 1.00. The lowest BCUT2D eigenvalue weighted by atomic mass is 9.72. The Labute approximate surface area is 187 Å². The Morgan fingerprint density at radius 1 is 0.484 bits per heavy atom. The van der Waals surface area contributed by atoms with Crippen LogP contribution in [-0.4, -0.2) is 70.0 Å². The summed E-state index contributed by atoms with van der Waals surface area (Å²) in [5.74, 6) is 1.94. The molecule has 178 valence electrons. The molecule has 5 fully saturated rings. The zero-order chi connectivity index (χ0) is 21.5. The quantitative estimate of drug-likeness (QED) is 0.343. The van der Waals surface area contributed by atoms with E-state index in [0.717, 1.165) is 45.2 Å². The first kappa shape index (κ1) is 22.5. The Kier molecular flexibility index (Phi) is 6.95. The van der Waals surface area contributed by atoms with Crippen LogP contribution in [0.5, 0.6) is 0 Å². The Morgan fingerprint density at radius 3 is 1.35 bits per heavy atom. The predicted octanol–water partition coefficient (Wildman–Crippen LogP) is 1.40. The van der Waals surface area contributed by atoms with Crippen molar-refractivity contribution in [3.8, 4) is 0 Å². The third kappa shape index (κ3) is 4.22. The molecule has 12 atom stereocenters. The number of hydrogen-bond donors (Lipinski definition) is 6. The van der Waals surface area contributed by atoms with Gasteiger partial charge in [0, 0.05) is 23.9 Å². The molecule has 6 unspecified atom stereocenters. The van der Waals surface area contributed by atoms with Gasteiger partial charge in [0.2, 0.25) is 0 Å². The van der Waals surface area contributed by atoms with Gasteiger partial charge in [-0.2, -0.15) is 0 Å². The summed E-state index contributed by atoms with van der Waals surface area (Å²) in [4.78, 5) is 0. The molecule has 4 aliphatic carbocycles. The summed E-state index contributed by atoms with van der Waals surface area (Å²) in [6.45, 7) is 1.82. The molecule has 5 rings (SSSR count). The molecular formula is C25H44N2O4. The summed E-state index contributed by atoms with van der Waals surface area (Å²) in [6, 6.07) is 0.371. The van der Waals surface area contributed by atoms with Gasteiger partial charge in [0.05, 0.1) is 12.2 Å². The van der Waals surface area contributed by atoms with E-state index in [1.165, 1.54) is 38.5 Å². The standard InChI is InChI=1S/C25H44N2O4/c28-22-20-16-8-3-1-6-14(16)12-18(20)26-10-5-11-27-19-13-15-7-2-4-9-17(15)21(19)23(29)25(31)24(22)30/h14-31H,1-13H2/t14-,15-,16+,17?,18+,19?,20-,21-,22?,23?,24?,25?/m1/s1. The Hall–Kier alpha value is -0.240. The van der Waals surface area contributed by atoms with E-state index in [2.05, 4.69) is 10.6 Å². The van der Waals surface area contributed by atoms with Gasteiger partial charge in [-0.15, -0.1) is 0 Å². The molecule has 1 saturated heterocycles. The van der Waals surface area contributed by atoms with Gasteiger partial charge in [0.1, 0.15) is 12.2 Å². The lowest BCUT2D eigenvalue weighted by molar-refractivity contribution is -0.143. The summed E-state index contributed by atoms with van der Waals surface area (Å²) in [7, 11) is 0. The van der Waals surface area contributed by atoms with Gasteiger partial charge in [0.15, 0.2) is 0 Å². The van der Waals surface area contributed by atoms with Gasteiger partial charge < -0.3 is 31.1 Å². The van der Waals surface area contributed by atoms with Crippen molar-refractivity contribution in [3.63, 3.8) is 0 Å². The number of rotatable bonds is 0. The fourth-order valence-corrected chi connectivity index (χ4v) is 8.58. The monoisotopic (exact) mass is 436 g/mol. The van der Waals surface area contributed by atoms with Crippen molar-refractivity contribution in [1.29, 1.82) is 0 Å². The van der Waals surface area contributed by atoms with Gasteiger partial charge in [-0.1, -0.05) is 38.5 Å². The average Bonchev–Trinajstić information content (AvgIpc) is 3.34. The molecule has 0 radical (unpaired) electrons. The maximum absolute atomic E-state index is 11.3. The minimum Gasteiger partial charge on any atom is -0.390 e. The highest BCUT2D eigenvalue weighted by Gasteiger charge is 2.53. The lowest BCUT2D eigenvalue weighted by Crippen LogP contribution is -2.55. The molecule has 0 amide bonds. The first-order chi connectivity index (χ1) is 15.1. The maximum atomic E-state index is 11.3. The molecule has 6 N–H and O–H groups in total. The summed E-state index contributed by atoms with van der Waals surface area (Å²) >= 11 is 0. The summed E-state index contributed by atoms with van der Waals surface area (Å²) in [6.07, 6.45) is 8.08. The topological polar surface area (TPSA) is 105 Å². The number of nitrogens with one attached hydrogen (secondary N) is 2. The molecule has 0 aromatic heterocycles. The van der Waals surface area contributed by atoms with E-state index in [4.69, 9.17) is 0 Å². The molecule has 0 aromatic rings. The minimum atomic E-state index is -1.30. The van der Waals surface area contributed by atoms with Gasteiger partial charge in [0.25, 0.3) is 0 Å². The van der Waals surface area contributed by atoms with Crippen LogP contribution in [0.2, 0.25) is 0 Å². The van der Waals surface area contributed by atoms with E-state index in [0.29, 0.717) is 23.7 Å². The van der Waals surface area contributed by atoms with Crippen LogP contribution in [0.25, 0.3) is 0 Å². The maximum Gasteiger partial charge on any atom is 0.109 e. The van der Waals surface area contributed by atoms with Gasteiger partial charge >= 0.3 is 0 Å². The zero-order valence-corrected chi connectivity index (χ0v) is 18.9. The predicted molar refractivity (Wildman–Crippen MR) is 119 cm³/mol. The van der Waals surface area contributed by atoms with E-state index >= 15 is 0 Å². The van der Waals surface area contributed by atoms with Gasteiger partial charge in [-0.3, -0.25) is 0 Å². The Bertz CT molecular complexity index is 556. The van der Waals surface area contributed by atoms with Crippen LogP contribution < -0.4 is 10.6 Å². The molecule has 0 bridgehead atoms. The van der Waals surface area contributed by atoms with Crippen LogP contribution in [0.4, 0.5) is 0 Å². The van der Waals surface area contributed by atoms with Crippen molar-refractivity contribution in [2.24, 2.45) is 35.5 Å². The normalized spacial score (nSPS) is 53.8. The molecule has 4 saturated carbocycles. The second-order valence-corrected chi connectivity index (χ2v) is 11.5. The van der Waals surface area contributed by atoms with E-state index < -0.39 is 24.4 Å². The minimum absolute atomic E-state index is 0.0438. The van der Waals surface area contributed by atoms with Crippen molar-refractivity contribution in [2.75, 3.05) is 13.1 Å². The lowest BCUT2D eigenvalue weighted by Gasteiger charge is -2.40. The van der Waals surface area contributed by atoms with Crippen LogP contribution >= 0.6 is 0 Å². The van der Waals surface area contributed by atoms with Crippen molar-refractivity contribution in [3.05, 3.63) is 0 Å². The van der Waals surface area contributed by atoms with Crippen molar-refractivity contribution < 1.29 is 20.4 Å². The number of hydrogen-bond acceptors (Lipinski definition) is 6. The largest absolute Gasteiger partial charge is 0.390 e. The van der Waals surface area contributed by atoms with E-state index in [9.17, 15) is 20.4 Å². The summed E-state index contributed by atoms with van der Waals surface area (Å²) in [5.41, 5.74) is 0. The van der Waals surface area contributed by atoms with Crippen molar-refractivity contribution >= 4 is 0 Å². The third-order valence-electron chi connectivity index (χ3n) is 9.97. The molecule has 5 aliphatic rings. The second kappa shape index (κ2) is 9.55. The SMILES string of the molecule is OC1C(O)C(O)[C@@H]2[C@H]3CCCC[C@@H]3C[C@@H]2NCCCNC2C[C@H]3CCCCC3[C@H]2C1O. The first-order valence-corrected chi connectivity index (χ1v) is 13.2. The second-order valence-electron chi connectivity index (χ2n) is 11.5. The molecule has 0 aromatic carbocycles. The smallest absolute Gasteiger partial charge is 0.109 e. The number of fused-ring (bicyclic) bond motifs is 6. The van der Waals surface area contributed by atoms with Crippen LogP contribution in [0.3, 0.4) is 0 Å². The molecular weight excluding hydrogens is 392 g/mol. The first-order valence-electron chi connectivity index (χ1n) is 13.2. The van der Waals surface area contributed by atoms with Crippen molar-refractivity contribution in [2.45, 2.75) is 107 Å². The van der Waals surface area contributed by atoms with Gasteiger partial charge in [-0.05, 0) is 68.9 Å². The number of aliphatic hydroxyl groups excluding tert-OH is 4. The van der Waals surface area contributed by atoms with Crippen LogP contribution in [0.15, 0.2) is 0 Å². The molecule has 31 heavy (non-hydrogen) atoms. The highest BCUT2D eigenvalue weighted by Crippen LogP contribution is 2.50. The molecule has 6 heteroatoms. The third-order valence-corrected chi connectivity index (χ3v) is 9.97.